The maximum Gasteiger partial charge on any atom is 0.234 e. The van der Waals surface area contributed by atoms with Crippen LogP contribution in [0.25, 0.3) is 21.3 Å². The lowest BCUT2D eigenvalue weighted by atomic mass is 10.1. The summed E-state index contributed by atoms with van der Waals surface area (Å²) in [7, 11) is 0. The van der Waals surface area contributed by atoms with E-state index in [-0.39, 0.29) is 41.7 Å². The van der Waals surface area contributed by atoms with E-state index in [1.807, 2.05) is 32.0 Å². The number of hydrogen-bond acceptors (Lipinski definition) is 7. The topological polar surface area (TPSA) is 84.4 Å². The molecule has 1 saturated carbocycles. The standard InChI is InChI=1S/C25H25ClN4O3S/c1-25(2)19-20(25)24(32)30(23(19)31)12-15-9-18-21(34-15)16(5-7-28-18)17-8-13(26)10-29-22(17)33-14-4-3-6-27-11-14/h5,7-10,14,19-20,27H,3-4,6,11-12H2,1-2H3. The number of carbonyl (C=O) groups excluding carboxylic acids is 2. The Hall–Kier alpha value is -2.55. The van der Waals surface area contributed by atoms with Crippen molar-refractivity contribution in [2.24, 2.45) is 17.3 Å². The van der Waals surface area contributed by atoms with E-state index in [4.69, 9.17) is 16.3 Å². The minimum atomic E-state index is -0.205. The maximum atomic E-state index is 12.8. The van der Waals surface area contributed by atoms with Gasteiger partial charge in [0.05, 0.1) is 33.6 Å². The average molecular weight is 497 g/mol. The van der Waals surface area contributed by atoms with Crippen molar-refractivity contribution in [3.8, 4) is 17.0 Å². The van der Waals surface area contributed by atoms with Crippen molar-refractivity contribution in [3.63, 3.8) is 0 Å². The van der Waals surface area contributed by atoms with Crippen LogP contribution >= 0.6 is 22.9 Å². The number of nitrogens with zero attached hydrogens (tertiary/aromatic N) is 3. The number of nitrogens with one attached hydrogen (secondary N) is 1. The zero-order chi connectivity index (χ0) is 23.6. The largest absolute Gasteiger partial charge is 0.473 e. The number of amides is 2. The molecule has 6 rings (SSSR count). The first-order chi connectivity index (χ1) is 16.3. The van der Waals surface area contributed by atoms with E-state index in [0.717, 1.165) is 52.2 Å². The van der Waals surface area contributed by atoms with Crippen LogP contribution in [0.5, 0.6) is 5.88 Å². The number of fused-ring (bicyclic) bond motifs is 2. The molecule has 0 bridgehead atoms. The molecule has 0 spiro atoms. The number of aromatic nitrogens is 2. The number of hydrogen-bond donors (Lipinski definition) is 1. The normalized spacial score (nSPS) is 25.6. The highest BCUT2D eigenvalue weighted by Crippen LogP contribution is 2.63. The van der Waals surface area contributed by atoms with Gasteiger partial charge in [-0.05, 0) is 43.0 Å². The second-order valence-electron chi connectivity index (χ2n) is 9.92. The number of carbonyl (C=O) groups is 2. The lowest BCUT2D eigenvalue weighted by Crippen LogP contribution is -2.37. The number of piperidine rings is 2. The molecule has 2 amide bonds. The molecule has 5 heterocycles. The summed E-state index contributed by atoms with van der Waals surface area (Å²) in [6, 6.07) is 5.77. The molecule has 2 aliphatic heterocycles. The Morgan fingerprint density at radius 1 is 1.21 bits per heavy atom. The summed E-state index contributed by atoms with van der Waals surface area (Å²) in [6.07, 6.45) is 5.45. The van der Waals surface area contributed by atoms with Crippen molar-refractivity contribution in [1.82, 2.24) is 20.2 Å². The van der Waals surface area contributed by atoms with Crippen LogP contribution in [-0.2, 0) is 16.1 Å². The summed E-state index contributed by atoms with van der Waals surface area (Å²) in [4.78, 5) is 37.0. The molecule has 0 aromatic carbocycles. The maximum absolute atomic E-state index is 12.8. The highest BCUT2D eigenvalue weighted by Gasteiger charge is 2.72. The van der Waals surface area contributed by atoms with Crippen LogP contribution in [0.2, 0.25) is 5.02 Å². The zero-order valence-electron chi connectivity index (χ0n) is 19.0. The molecule has 3 unspecified atom stereocenters. The Morgan fingerprint density at radius 2 is 2.00 bits per heavy atom. The third-order valence-corrected chi connectivity index (χ3v) is 8.66. The van der Waals surface area contributed by atoms with Crippen LogP contribution in [0, 0.1) is 17.3 Å². The zero-order valence-corrected chi connectivity index (χ0v) is 20.6. The fraction of sp³-hybridized carbons (Fsp3) is 0.440. The van der Waals surface area contributed by atoms with Crippen molar-refractivity contribution in [2.75, 3.05) is 13.1 Å². The number of likely N-dealkylation sites (tertiary alicyclic amines) is 1. The van der Waals surface area contributed by atoms with Crippen LogP contribution in [0.15, 0.2) is 30.6 Å². The highest BCUT2D eigenvalue weighted by atomic mass is 35.5. The van der Waals surface area contributed by atoms with Gasteiger partial charge in [-0.15, -0.1) is 11.3 Å². The summed E-state index contributed by atoms with van der Waals surface area (Å²) in [5.74, 6) is 0.0971. The molecule has 34 heavy (non-hydrogen) atoms. The molecule has 0 radical (unpaired) electrons. The van der Waals surface area contributed by atoms with Crippen LogP contribution in [-0.4, -0.2) is 45.9 Å². The van der Waals surface area contributed by atoms with Crippen molar-refractivity contribution in [3.05, 3.63) is 40.5 Å². The number of ether oxygens (including phenoxy) is 1. The molecule has 3 fully saturated rings. The van der Waals surface area contributed by atoms with Gasteiger partial charge < -0.3 is 10.1 Å². The first-order valence-corrected chi connectivity index (χ1v) is 12.8. The predicted octanol–water partition coefficient (Wildman–Crippen LogP) is 4.28. The third-order valence-electron chi connectivity index (χ3n) is 7.31. The summed E-state index contributed by atoms with van der Waals surface area (Å²) in [6.45, 7) is 6.06. The van der Waals surface area contributed by atoms with E-state index >= 15 is 0 Å². The van der Waals surface area contributed by atoms with Gasteiger partial charge in [0.2, 0.25) is 17.7 Å². The SMILES string of the molecule is CC1(C)C2C(=O)N(Cc3cc4nccc(-c5cc(Cl)cnc5OC5CCCNC5)c4s3)C(=O)C21. The van der Waals surface area contributed by atoms with Crippen molar-refractivity contribution in [1.29, 1.82) is 0 Å². The molecule has 1 aliphatic carbocycles. The lowest BCUT2D eigenvalue weighted by molar-refractivity contribution is -0.143. The quantitative estimate of drug-likeness (QED) is 0.531. The molecule has 9 heteroatoms. The molecule has 7 nitrogen and oxygen atoms in total. The van der Waals surface area contributed by atoms with Crippen molar-refractivity contribution < 1.29 is 14.3 Å². The average Bonchev–Trinajstić information content (AvgIpc) is 3.06. The number of pyridine rings is 2. The van der Waals surface area contributed by atoms with Crippen molar-refractivity contribution in [2.45, 2.75) is 39.3 Å². The first-order valence-electron chi connectivity index (χ1n) is 11.6. The van der Waals surface area contributed by atoms with E-state index in [1.165, 1.54) is 16.2 Å². The number of imide groups is 1. The van der Waals surface area contributed by atoms with Gasteiger partial charge in [-0.1, -0.05) is 25.4 Å². The molecule has 176 valence electrons. The van der Waals surface area contributed by atoms with Gasteiger partial charge in [0.1, 0.15) is 6.10 Å². The smallest absolute Gasteiger partial charge is 0.234 e. The first kappa shape index (κ1) is 21.9. The molecular weight excluding hydrogens is 472 g/mol. The van der Waals surface area contributed by atoms with Crippen molar-refractivity contribution >= 4 is 45.0 Å². The van der Waals surface area contributed by atoms with Gasteiger partial charge in [-0.25, -0.2) is 4.98 Å². The summed E-state index contributed by atoms with van der Waals surface area (Å²) in [5, 5.41) is 3.89. The van der Waals surface area contributed by atoms with Crippen LogP contribution in [0.4, 0.5) is 0 Å². The highest BCUT2D eigenvalue weighted by molar-refractivity contribution is 7.19. The minimum absolute atomic E-state index is 0.0542. The Morgan fingerprint density at radius 3 is 2.74 bits per heavy atom. The molecule has 3 atom stereocenters. The third kappa shape index (κ3) is 3.51. The fourth-order valence-corrected chi connectivity index (χ4v) is 6.67. The Balaban J connectivity index is 1.33. The van der Waals surface area contributed by atoms with Gasteiger partial charge in [0.15, 0.2) is 0 Å². The molecule has 1 N–H and O–H groups in total. The predicted molar refractivity (Wildman–Crippen MR) is 131 cm³/mol. The summed E-state index contributed by atoms with van der Waals surface area (Å²) in [5.41, 5.74) is 2.35. The summed E-state index contributed by atoms with van der Waals surface area (Å²) < 4.78 is 7.23. The Kier molecular flexibility index (Phi) is 5.17. The van der Waals surface area contributed by atoms with Gasteiger partial charge in [-0.3, -0.25) is 19.5 Å². The van der Waals surface area contributed by atoms with Crippen LogP contribution in [0.3, 0.4) is 0 Å². The summed E-state index contributed by atoms with van der Waals surface area (Å²) >= 11 is 7.87. The van der Waals surface area contributed by atoms with E-state index < -0.39 is 0 Å². The second-order valence-corrected chi connectivity index (χ2v) is 11.5. The number of thiophene rings is 1. The molecule has 2 saturated heterocycles. The van der Waals surface area contributed by atoms with E-state index in [2.05, 4.69) is 15.3 Å². The lowest BCUT2D eigenvalue weighted by Gasteiger charge is -2.24. The second kappa shape index (κ2) is 8.00. The van der Waals surface area contributed by atoms with E-state index in [0.29, 0.717) is 10.9 Å². The van der Waals surface area contributed by atoms with Crippen LogP contribution in [0.1, 0.15) is 31.6 Å². The Labute approximate surface area is 206 Å². The molecular formula is C25H25ClN4O3S. The van der Waals surface area contributed by atoms with Crippen LogP contribution < -0.4 is 10.1 Å². The van der Waals surface area contributed by atoms with Gasteiger partial charge in [-0.2, -0.15) is 0 Å². The fourth-order valence-electron chi connectivity index (χ4n) is 5.39. The minimum Gasteiger partial charge on any atom is -0.473 e. The Bertz CT molecular complexity index is 1290. The number of rotatable bonds is 5. The molecule has 3 aliphatic rings. The molecule has 3 aromatic rings. The van der Waals surface area contributed by atoms with Gasteiger partial charge in [0.25, 0.3) is 0 Å². The van der Waals surface area contributed by atoms with E-state index in [1.54, 1.807) is 12.4 Å². The van der Waals surface area contributed by atoms with Gasteiger partial charge in [0, 0.05) is 34.9 Å². The monoisotopic (exact) mass is 496 g/mol. The number of halogens is 1. The van der Waals surface area contributed by atoms with Gasteiger partial charge >= 0.3 is 0 Å². The van der Waals surface area contributed by atoms with E-state index in [9.17, 15) is 9.59 Å². The molecule has 3 aromatic heterocycles.